The molecule has 2 rings (SSSR count). The molecule has 1 N–H and O–H groups in total. The smallest absolute Gasteiger partial charge is 0.293 e. The van der Waals surface area contributed by atoms with E-state index in [1.807, 2.05) is 0 Å². The zero-order valence-electron chi connectivity index (χ0n) is 12.6. The van der Waals surface area contributed by atoms with Crippen molar-refractivity contribution in [2.75, 3.05) is 11.9 Å². The zero-order chi connectivity index (χ0) is 17.0. The van der Waals surface area contributed by atoms with E-state index in [2.05, 4.69) is 5.32 Å². The predicted octanol–water partition coefficient (Wildman–Crippen LogP) is 3.88. The van der Waals surface area contributed by atoms with Gasteiger partial charge in [-0.15, -0.1) is 0 Å². The average molecular weight is 335 g/mol. The third-order valence-electron chi connectivity index (χ3n) is 3.10. The van der Waals surface area contributed by atoms with Crippen LogP contribution in [0.5, 0.6) is 5.75 Å². The van der Waals surface area contributed by atoms with Crippen LogP contribution in [-0.2, 0) is 4.79 Å². The van der Waals surface area contributed by atoms with Gasteiger partial charge in [-0.1, -0.05) is 17.7 Å². The van der Waals surface area contributed by atoms with E-state index < -0.39 is 10.8 Å². The number of halogens is 1. The molecule has 2 aromatic carbocycles. The molecule has 0 bridgehead atoms. The molecule has 2 aromatic rings. The Morgan fingerprint density at radius 3 is 2.52 bits per heavy atom. The second-order valence-electron chi connectivity index (χ2n) is 5.02. The van der Waals surface area contributed by atoms with Crippen LogP contribution in [-0.4, -0.2) is 17.4 Å². The Balaban J connectivity index is 2.08. The van der Waals surface area contributed by atoms with Gasteiger partial charge in [0.15, 0.2) is 6.61 Å². The van der Waals surface area contributed by atoms with E-state index in [9.17, 15) is 14.9 Å². The lowest BCUT2D eigenvalue weighted by Crippen LogP contribution is -2.21. The Bertz CT molecular complexity index is 744. The van der Waals surface area contributed by atoms with Gasteiger partial charge in [0, 0.05) is 11.1 Å². The summed E-state index contributed by atoms with van der Waals surface area (Å²) >= 11 is 5.76. The van der Waals surface area contributed by atoms with Gasteiger partial charge in [0.2, 0.25) is 0 Å². The van der Waals surface area contributed by atoms with Crippen molar-refractivity contribution >= 4 is 28.9 Å². The molecule has 0 unspecified atom stereocenters. The summed E-state index contributed by atoms with van der Waals surface area (Å²) in [5.41, 5.74) is 1.42. The number of carbonyl (C=O) groups is 1. The molecule has 7 heteroatoms. The van der Waals surface area contributed by atoms with Crippen LogP contribution < -0.4 is 10.1 Å². The molecule has 0 radical (unpaired) electrons. The number of ether oxygens (including phenoxy) is 1. The molecule has 23 heavy (non-hydrogen) atoms. The fraction of sp³-hybridized carbons (Fsp3) is 0.188. The summed E-state index contributed by atoms with van der Waals surface area (Å²) in [6.45, 7) is 3.21. The van der Waals surface area contributed by atoms with Crippen molar-refractivity contribution in [2.24, 2.45) is 0 Å². The van der Waals surface area contributed by atoms with Gasteiger partial charge in [-0.05, 0) is 49.2 Å². The van der Waals surface area contributed by atoms with E-state index in [1.54, 1.807) is 44.2 Å². The first-order valence-electron chi connectivity index (χ1n) is 6.80. The fourth-order valence-corrected chi connectivity index (χ4v) is 2.23. The minimum atomic E-state index is -0.518. The number of hydrogen-bond donors (Lipinski definition) is 1. The number of amides is 1. The van der Waals surface area contributed by atoms with E-state index in [1.165, 1.54) is 6.07 Å². The minimum absolute atomic E-state index is 0.137. The molecule has 0 aliphatic rings. The Kier molecular flexibility index (Phi) is 5.18. The monoisotopic (exact) mass is 334 g/mol. The maximum Gasteiger partial charge on any atom is 0.293 e. The largest absolute Gasteiger partial charge is 0.484 e. The molecule has 0 saturated carbocycles. The van der Waals surface area contributed by atoms with Crippen molar-refractivity contribution in [3.05, 3.63) is 62.7 Å². The van der Waals surface area contributed by atoms with Crippen LogP contribution >= 0.6 is 11.6 Å². The second kappa shape index (κ2) is 7.11. The van der Waals surface area contributed by atoms with Crippen LogP contribution in [0, 0.1) is 24.0 Å². The highest BCUT2D eigenvalue weighted by atomic mass is 35.5. The molecule has 0 aliphatic heterocycles. The van der Waals surface area contributed by atoms with Crippen LogP contribution in [0.1, 0.15) is 11.1 Å². The molecular formula is C16H15ClN2O4. The lowest BCUT2D eigenvalue weighted by atomic mass is 10.1. The maximum absolute atomic E-state index is 12.0. The summed E-state index contributed by atoms with van der Waals surface area (Å²) in [5, 5.41) is 14.2. The molecule has 120 valence electrons. The van der Waals surface area contributed by atoms with Gasteiger partial charge in [0.05, 0.1) is 4.92 Å². The standard InChI is InChI=1S/C16H15ClN2O4/c1-10-7-11(2)16(14(8-10)19(21)22)18-15(20)9-23-13-5-3-12(17)4-6-13/h3-8H,9H2,1-2H3,(H,18,20). The highest BCUT2D eigenvalue weighted by Gasteiger charge is 2.19. The Labute approximate surface area is 138 Å². The van der Waals surface area contributed by atoms with E-state index in [4.69, 9.17) is 16.3 Å². The lowest BCUT2D eigenvalue weighted by Gasteiger charge is -2.11. The van der Waals surface area contributed by atoms with Gasteiger partial charge in [-0.25, -0.2) is 0 Å². The number of hydrogen-bond acceptors (Lipinski definition) is 4. The SMILES string of the molecule is Cc1cc(C)c(NC(=O)COc2ccc(Cl)cc2)c([N+](=O)[O-])c1. The highest BCUT2D eigenvalue weighted by molar-refractivity contribution is 6.30. The number of aryl methyl sites for hydroxylation is 2. The van der Waals surface area contributed by atoms with Crippen molar-refractivity contribution < 1.29 is 14.5 Å². The highest BCUT2D eigenvalue weighted by Crippen LogP contribution is 2.29. The van der Waals surface area contributed by atoms with Crippen LogP contribution in [0.3, 0.4) is 0 Å². The number of nitrogens with zero attached hydrogens (tertiary/aromatic N) is 1. The average Bonchev–Trinajstić information content (AvgIpc) is 2.49. The molecule has 0 atom stereocenters. The minimum Gasteiger partial charge on any atom is -0.484 e. The summed E-state index contributed by atoms with van der Waals surface area (Å²) in [5.74, 6) is 0.00896. The van der Waals surface area contributed by atoms with E-state index in [0.717, 1.165) is 5.56 Å². The maximum atomic E-state index is 12.0. The van der Waals surface area contributed by atoms with E-state index in [0.29, 0.717) is 16.3 Å². The van der Waals surface area contributed by atoms with E-state index >= 15 is 0 Å². The molecule has 6 nitrogen and oxygen atoms in total. The first-order valence-corrected chi connectivity index (χ1v) is 7.18. The van der Waals surface area contributed by atoms with Crippen molar-refractivity contribution in [1.29, 1.82) is 0 Å². The molecular weight excluding hydrogens is 320 g/mol. The summed E-state index contributed by atoms with van der Waals surface area (Å²) in [7, 11) is 0. The van der Waals surface area contributed by atoms with Gasteiger partial charge in [0.25, 0.3) is 11.6 Å². The van der Waals surface area contributed by atoms with Crippen LogP contribution in [0.25, 0.3) is 0 Å². The number of rotatable bonds is 5. The fourth-order valence-electron chi connectivity index (χ4n) is 2.11. The van der Waals surface area contributed by atoms with E-state index in [-0.39, 0.29) is 18.0 Å². The second-order valence-corrected chi connectivity index (χ2v) is 5.46. The van der Waals surface area contributed by atoms with Crippen molar-refractivity contribution in [1.82, 2.24) is 0 Å². The third kappa shape index (κ3) is 4.43. The summed E-state index contributed by atoms with van der Waals surface area (Å²) in [6, 6.07) is 9.74. The van der Waals surface area contributed by atoms with Gasteiger partial charge in [-0.2, -0.15) is 0 Å². The lowest BCUT2D eigenvalue weighted by molar-refractivity contribution is -0.384. The van der Waals surface area contributed by atoms with Gasteiger partial charge < -0.3 is 10.1 Å². The van der Waals surface area contributed by atoms with Crippen LogP contribution in [0.4, 0.5) is 11.4 Å². The summed E-state index contributed by atoms with van der Waals surface area (Å²) < 4.78 is 5.32. The molecule has 1 amide bonds. The van der Waals surface area contributed by atoms with Crippen molar-refractivity contribution in [2.45, 2.75) is 13.8 Å². The normalized spacial score (nSPS) is 10.2. The summed E-state index contributed by atoms with van der Waals surface area (Å²) in [4.78, 5) is 22.6. The number of anilines is 1. The molecule has 0 spiro atoms. The number of carbonyl (C=O) groups excluding carboxylic acids is 1. The Morgan fingerprint density at radius 2 is 1.91 bits per heavy atom. The van der Waals surface area contributed by atoms with Crippen LogP contribution in [0.2, 0.25) is 5.02 Å². The van der Waals surface area contributed by atoms with Crippen molar-refractivity contribution in [3.8, 4) is 5.75 Å². The molecule has 0 fully saturated rings. The molecule has 0 aliphatic carbocycles. The number of nitro benzene ring substituents is 1. The number of nitro groups is 1. The quantitative estimate of drug-likeness (QED) is 0.664. The Morgan fingerprint density at radius 1 is 1.26 bits per heavy atom. The molecule has 0 heterocycles. The predicted molar refractivity (Wildman–Crippen MR) is 88.1 cm³/mol. The molecule has 0 saturated heterocycles. The first kappa shape index (κ1) is 16.8. The summed E-state index contributed by atoms with van der Waals surface area (Å²) in [6.07, 6.45) is 0. The van der Waals surface area contributed by atoms with Gasteiger partial charge >= 0.3 is 0 Å². The van der Waals surface area contributed by atoms with Crippen molar-refractivity contribution in [3.63, 3.8) is 0 Å². The first-order chi connectivity index (χ1) is 10.9. The number of nitrogens with one attached hydrogen (secondary N) is 1. The molecule has 0 aromatic heterocycles. The third-order valence-corrected chi connectivity index (χ3v) is 3.36. The number of benzene rings is 2. The zero-order valence-corrected chi connectivity index (χ0v) is 13.4. The van der Waals surface area contributed by atoms with Crippen LogP contribution in [0.15, 0.2) is 36.4 Å². The topological polar surface area (TPSA) is 81.5 Å². The van der Waals surface area contributed by atoms with Gasteiger partial charge in [0.1, 0.15) is 11.4 Å². The Hall–Kier alpha value is -2.60. The van der Waals surface area contributed by atoms with Gasteiger partial charge in [-0.3, -0.25) is 14.9 Å².